The molecule has 0 aliphatic carbocycles. The highest BCUT2D eigenvalue weighted by Crippen LogP contribution is 2.22. The van der Waals surface area contributed by atoms with E-state index in [9.17, 15) is 13.2 Å². The van der Waals surface area contributed by atoms with Crippen molar-refractivity contribution in [3.05, 3.63) is 125 Å². The van der Waals surface area contributed by atoms with Gasteiger partial charge in [0, 0.05) is 6.54 Å². The Balaban J connectivity index is 1.46. The molecule has 0 aromatic heterocycles. The molecule has 0 aliphatic rings. The van der Waals surface area contributed by atoms with Crippen LogP contribution in [0.5, 0.6) is 11.5 Å². The first-order valence-electron chi connectivity index (χ1n) is 12.1. The van der Waals surface area contributed by atoms with E-state index in [1.54, 1.807) is 30.3 Å². The topological polar surface area (TPSA) is 88.1 Å². The molecule has 1 N–H and O–H groups in total. The maximum absolute atomic E-state index is 13.4. The molecule has 0 saturated carbocycles. The number of sulfonamides is 1. The van der Waals surface area contributed by atoms with E-state index in [-0.39, 0.29) is 11.4 Å². The van der Waals surface area contributed by atoms with Crippen molar-refractivity contribution in [2.45, 2.75) is 25.3 Å². The van der Waals surface area contributed by atoms with Crippen LogP contribution < -0.4 is 10.2 Å². The minimum atomic E-state index is -3.93. The van der Waals surface area contributed by atoms with Crippen LogP contribution in [-0.2, 0) is 21.4 Å². The van der Waals surface area contributed by atoms with Crippen molar-refractivity contribution in [1.82, 2.24) is 9.73 Å². The second-order valence-corrected chi connectivity index (χ2v) is 10.8. The van der Waals surface area contributed by atoms with Crippen LogP contribution in [0, 0.1) is 13.8 Å². The first-order valence-corrected chi connectivity index (χ1v) is 13.5. The van der Waals surface area contributed by atoms with Crippen LogP contribution in [0.2, 0.25) is 0 Å². The van der Waals surface area contributed by atoms with Gasteiger partial charge >= 0.3 is 0 Å². The number of ether oxygens (including phenoxy) is 1. The van der Waals surface area contributed by atoms with Gasteiger partial charge in [0.1, 0.15) is 11.5 Å². The first-order chi connectivity index (χ1) is 18.3. The number of carbonyl (C=O) groups is 1. The van der Waals surface area contributed by atoms with Crippen molar-refractivity contribution in [3.8, 4) is 11.5 Å². The summed E-state index contributed by atoms with van der Waals surface area (Å²) in [5.74, 6) is 0.777. The molecule has 0 fully saturated rings. The zero-order chi connectivity index (χ0) is 27.0. The van der Waals surface area contributed by atoms with Gasteiger partial charge in [-0.15, -0.1) is 0 Å². The van der Waals surface area contributed by atoms with Gasteiger partial charge in [-0.2, -0.15) is 9.41 Å². The summed E-state index contributed by atoms with van der Waals surface area (Å²) in [6, 6.07) is 30.7. The van der Waals surface area contributed by atoms with Crippen molar-refractivity contribution in [2.24, 2.45) is 5.10 Å². The molecule has 38 heavy (non-hydrogen) atoms. The fourth-order valence-electron chi connectivity index (χ4n) is 3.76. The molecule has 1 amide bonds. The van der Waals surface area contributed by atoms with E-state index >= 15 is 0 Å². The number of hydrogen-bond donors (Lipinski definition) is 1. The first kappa shape index (κ1) is 26.8. The molecule has 194 valence electrons. The molecular weight excluding hydrogens is 498 g/mol. The third-order valence-corrected chi connectivity index (χ3v) is 7.47. The van der Waals surface area contributed by atoms with Crippen molar-refractivity contribution in [3.63, 3.8) is 0 Å². The average Bonchev–Trinajstić information content (AvgIpc) is 2.89. The summed E-state index contributed by atoms with van der Waals surface area (Å²) in [7, 11) is -3.93. The lowest BCUT2D eigenvalue weighted by Crippen LogP contribution is -2.39. The van der Waals surface area contributed by atoms with Gasteiger partial charge in [0.2, 0.25) is 10.0 Å². The van der Waals surface area contributed by atoms with E-state index in [0.29, 0.717) is 17.1 Å². The third kappa shape index (κ3) is 7.38. The van der Waals surface area contributed by atoms with Crippen LogP contribution in [0.25, 0.3) is 0 Å². The van der Waals surface area contributed by atoms with Crippen LogP contribution in [0.4, 0.5) is 0 Å². The van der Waals surface area contributed by atoms with E-state index in [2.05, 4.69) is 10.5 Å². The van der Waals surface area contributed by atoms with Gasteiger partial charge in [0.25, 0.3) is 5.91 Å². The van der Waals surface area contributed by atoms with E-state index < -0.39 is 22.5 Å². The Labute approximate surface area is 223 Å². The summed E-state index contributed by atoms with van der Waals surface area (Å²) in [6.07, 6.45) is 1.48. The van der Waals surface area contributed by atoms with Gasteiger partial charge < -0.3 is 4.74 Å². The highest BCUT2D eigenvalue weighted by atomic mass is 32.2. The van der Waals surface area contributed by atoms with Crippen molar-refractivity contribution in [2.75, 3.05) is 6.54 Å². The number of hydrazone groups is 1. The lowest BCUT2D eigenvalue weighted by atomic mass is 10.1. The Hall–Kier alpha value is -4.27. The molecule has 4 rings (SSSR count). The van der Waals surface area contributed by atoms with Crippen LogP contribution in [0.1, 0.15) is 22.3 Å². The maximum Gasteiger partial charge on any atom is 0.255 e. The van der Waals surface area contributed by atoms with Gasteiger partial charge in [-0.25, -0.2) is 13.8 Å². The Morgan fingerprint density at radius 2 is 1.55 bits per heavy atom. The monoisotopic (exact) mass is 527 g/mol. The molecule has 0 heterocycles. The summed E-state index contributed by atoms with van der Waals surface area (Å²) in [6.45, 7) is 3.48. The smallest absolute Gasteiger partial charge is 0.255 e. The molecule has 0 spiro atoms. The maximum atomic E-state index is 13.4. The largest absolute Gasteiger partial charge is 0.457 e. The fraction of sp³-hybridized carbons (Fsp3) is 0.133. The van der Waals surface area contributed by atoms with E-state index in [1.165, 1.54) is 6.21 Å². The molecule has 8 heteroatoms. The molecule has 0 saturated heterocycles. The minimum absolute atomic E-state index is 0.0495. The SMILES string of the molecule is Cc1ccc(S(=O)(=O)N(CC(=O)N/N=C\c2cccc(Oc3ccccc3)c2)Cc2cccc(C)c2)cc1. The number of benzene rings is 4. The fourth-order valence-corrected chi connectivity index (χ4v) is 5.14. The van der Waals surface area contributed by atoms with Gasteiger partial charge in [0.05, 0.1) is 17.7 Å². The summed E-state index contributed by atoms with van der Waals surface area (Å²) in [4.78, 5) is 12.9. The van der Waals surface area contributed by atoms with Crippen LogP contribution in [0.3, 0.4) is 0 Å². The van der Waals surface area contributed by atoms with E-state index in [0.717, 1.165) is 21.0 Å². The highest BCUT2D eigenvalue weighted by molar-refractivity contribution is 7.89. The zero-order valence-electron chi connectivity index (χ0n) is 21.2. The summed E-state index contributed by atoms with van der Waals surface area (Å²) in [5.41, 5.74) is 5.89. The number of carbonyl (C=O) groups excluding carboxylic acids is 1. The van der Waals surface area contributed by atoms with Crippen molar-refractivity contribution in [1.29, 1.82) is 0 Å². The number of nitrogens with one attached hydrogen (secondary N) is 1. The molecular formula is C30H29N3O4S. The van der Waals surface area contributed by atoms with Gasteiger partial charge in [-0.3, -0.25) is 4.79 Å². The second kappa shape index (κ2) is 12.3. The predicted octanol–water partition coefficient (Wildman–Crippen LogP) is 5.44. The molecule has 4 aromatic rings. The summed E-state index contributed by atoms with van der Waals surface area (Å²) in [5, 5.41) is 4.03. The van der Waals surface area contributed by atoms with Crippen LogP contribution >= 0.6 is 0 Å². The number of para-hydroxylation sites is 1. The van der Waals surface area contributed by atoms with Crippen LogP contribution in [-0.4, -0.2) is 31.4 Å². The van der Waals surface area contributed by atoms with Crippen molar-refractivity contribution >= 4 is 22.1 Å². The standard InChI is InChI=1S/C30H29N3O4S/c1-23-14-16-29(17-15-23)38(35,36)33(21-26-10-6-8-24(2)18-26)22-30(34)32-31-20-25-9-7-13-28(19-25)37-27-11-4-3-5-12-27/h3-20H,21-22H2,1-2H3,(H,32,34)/b31-20-. The van der Waals surface area contributed by atoms with Crippen molar-refractivity contribution < 1.29 is 17.9 Å². The third-order valence-electron chi connectivity index (χ3n) is 5.66. The number of rotatable bonds is 10. The summed E-state index contributed by atoms with van der Waals surface area (Å²) >= 11 is 0. The quantitative estimate of drug-likeness (QED) is 0.220. The van der Waals surface area contributed by atoms with Gasteiger partial charge in [-0.05, 0) is 61.4 Å². The Morgan fingerprint density at radius 1 is 0.842 bits per heavy atom. The molecule has 0 aliphatic heterocycles. The molecule has 7 nitrogen and oxygen atoms in total. The zero-order valence-corrected chi connectivity index (χ0v) is 22.1. The van der Waals surface area contributed by atoms with Crippen LogP contribution in [0.15, 0.2) is 113 Å². The Kier molecular flexibility index (Phi) is 8.68. The summed E-state index contributed by atoms with van der Waals surface area (Å²) < 4.78 is 33.9. The van der Waals surface area contributed by atoms with E-state index in [1.807, 2.05) is 86.6 Å². The molecule has 0 unspecified atom stereocenters. The molecule has 0 atom stereocenters. The Bertz CT molecular complexity index is 1520. The minimum Gasteiger partial charge on any atom is -0.457 e. The average molecular weight is 528 g/mol. The lowest BCUT2D eigenvalue weighted by molar-refractivity contribution is -0.121. The van der Waals surface area contributed by atoms with E-state index in [4.69, 9.17) is 4.74 Å². The normalized spacial score (nSPS) is 11.6. The van der Waals surface area contributed by atoms with Gasteiger partial charge in [0.15, 0.2) is 0 Å². The number of hydrogen-bond acceptors (Lipinski definition) is 5. The lowest BCUT2D eigenvalue weighted by Gasteiger charge is -2.22. The predicted molar refractivity (Wildman–Crippen MR) is 149 cm³/mol. The number of nitrogens with zero attached hydrogens (tertiary/aromatic N) is 2. The highest BCUT2D eigenvalue weighted by Gasteiger charge is 2.27. The van der Waals surface area contributed by atoms with Gasteiger partial charge in [-0.1, -0.05) is 77.9 Å². The number of amides is 1. The Morgan fingerprint density at radius 3 is 2.29 bits per heavy atom. The molecule has 0 bridgehead atoms. The molecule has 4 aromatic carbocycles. The number of aryl methyl sites for hydroxylation is 2. The molecule has 0 radical (unpaired) electrons. The second-order valence-electron chi connectivity index (χ2n) is 8.86.